The largest absolute Gasteiger partial charge is 0.310 e. The molecule has 0 saturated carbocycles. The first-order chi connectivity index (χ1) is 11.9. The van der Waals surface area contributed by atoms with E-state index in [2.05, 4.69) is 0 Å². The van der Waals surface area contributed by atoms with E-state index >= 15 is 0 Å². The summed E-state index contributed by atoms with van der Waals surface area (Å²) in [4.78, 5) is 12.5. The Hall–Kier alpha value is -1.66. The minimum atomic E-state index is -3.62. The fourth-order valence-corrected chi connectivity index (χ4v) is 4.81. The van der Waals surface area contributed by atoms with Gasteiger partial charge in [0.05, 0.1) is 17.0 Å². The van der Waals surface area contributed by atoms with Gasteiger partial charge in [-0.1, -0.05) is 38.0 Å². The van der Waals surface area contributed by atoms with Crippen molar-refractivity contribution in [3.05, 3.63) is 35.5 Å². The molecule has 1 heterocycles. The molecule has 0 bridgehead atoms. The smallest absolute Gasteiger partial charge is 0.269 e. The quantitative estimate of drug-likeness (QED) is 0.546. The van der Waals surface area contributed by atoms with Crippen molar-refractivity contribution < 1.29 is 17.4 Å². The van der Waals surface area contributed by atoms with Crippen LogP contribution in [-0.2, 0) is 20.7 Å². The van der Waals surface area contributed by atoms with Crippen molar-refractivity contribution in [1.29, 1.82) is 0 Å². The predicted octanol–water partition coefficient (Wildman–Crippen LogP) is 4.22. The second-order valence-corrected chi connectivity index (χ2v) is 8.37. The summed E-state index contributed by atoms with van der Waals surface area (Å²) in [7, 11) is -3.62. The van der Waals surface area contributed by atoms with Crippen LogP contribution in [0.2, 0.25) is 0 Å². The van der Waals surface area contributed by atoms with Gasteiger partial charge >= 0.3 is 0 Å². The number of carbonyl (C=O) groups is 1. The maximum absolute atomic E-state index is 12.5. The maximum Gasteiger partial charge on any atom is 0.269 e. The van der Waals surface area contributed by atoms with Crippen LogP contribution in [0.1, 0.15) is 68.2 Å². The Labute approximate surface area is 149 Å². The van der Waals surface area contributed by atoms with Crippen molar-refractivity contribution in [2.45, 2.75) is 58.6 Å². The van der Waals surface area contributed by atoms with Crippen molar-refractivity contribution in [2.75, 3.05) is 5.75 Å². The van der Waals surface area contributed by atoms with Crippen LogP contribution in [0.15, 0.2) is 24.3 Å². The van der Waals surface area contributed by atoms with E-state index in [4.69, 9.17) is 4.18 Å². The van der Waals surface area contributed by atoms with E-state index in [1.807, 2.05) is 31.2 Å². The van der Waals surface area contributed by atoms with Crippen molar-refractivity contribution in [3.8, 4) is 0 Å². The molecule has 0 radical (unpaired) electrons. The molecule has 3 rings (SSSR count). The monoisotopic (exact) mass is 363 g/mol. The molecule has 1 aliphatic carbocycles. The summed E-state index contributed by atoms with van der Waals surface area (Å²) < 4.78 is 31.8. The number of Topliss-reactive ketones (excluding diaryl/α,β-unsaturated/α-hetero) is 1. The molecule has 0 aliphatic heterocycles. The molecule has 0 saturated heterocycles. The molecular weight excluding hydrogens is 338 g/mol. The average molecular weight is 363 g/mol. The van der Waals surface area contributed by atoms with Gasteiger partial charge in [0.1, 0.15) is 6.23 Å². The van der Waals surface area contributed by atoms with Crippen molar-refractivity contribution in [2.24, 2.45) is 0 Å². The molecule has 1 aromatic heterocycles. The standard InChI is InChI=1S/C19H25NO4S/c1-3-4-7-13-25(22,23)24-14(2)20-17-11-6-5-9-15(17)16-10-8-12-18(21)19(16)20/h5-6,9,11,14H,3-4,7-8,10,12-13H2,1-2H3. The first-order valence-corrected chi connectivity index (χ1v) is 10.6. The summed E-state index contributed by atoms with van der Waals surface area (Å²) >= 11 is 0. The van der Waals surface area contributed by atoms with Crippen LogP contribution in [0, 0.1) is 0 Å². The van der Waals surface area contributed by atoms with Gasteiger partial charge in [-0.3, -0.25) is 4.79 Å². The lowest BCUT2D eigenvalue weighted by atomic mass is 9.94. The molecule has 2 aromatic rings. The van der Waals surface area contributed by atoms with E-state index < -0.39 is 16.3 Å². The zero-order valence-corrected chi connectivity index (χ0v) is 15.6. The SMILES string of the molecule is CCCCCS(=O)(=O)OC(C)n1c2c(c3ccccc31)CCCC2=O. The molecule has 25 heavy (non-hydrogen) atoms. The first-order valence-electron chi connectivity index (χ1n) is 9.00. The highest BCUT2D eigenvalue weighted by atomic mass is 32.2. The van der Waals surface area contributed by atoms with Crippen LogP contribution in [0.25, 0.3) is 10.9 Å². The van der Waals surface area contributed by atoms with Crippen LogP contribution < -0.4 is 0 Å². The Morgan fingerprint density at radius 2 is 1.96 bits per heavy atom. The summed E-state index contributed by atoms with van der Waals surface area (Å²) in [6, 6.07) is 7.76. The number of aromatic nitrogens is 1. The zero-order valence-electron chi connectivity index (χ0n) is 14.8. The number of benzene rings is 1. The average Bonchev–Trinajstić information content (AvgIpc) is 2.91. The second kappa shape index (κ2) is 7.30. The lowest BCUT2D eigenvalue weighted by Crippen LogP contribution is -2.22. The Morgan fingerprint density at radius 3 is 2.72 bits per heavy atom. The van der Waals surface area contributed by atoms with Crippen LogP contribution in [-0.4, -0.2) is 24.5 Å². The summed E-state index contributed by atoms with van der Waals surface area (Å²) in [5.41, 5.74) is 2.49. The van der Waals surface area contributed by atoms with E-state index in [0.29, 0.717) is 18.5 Å². The number of nitrogens with zero attached hydrogens (tertiary/aromatic N) is 1. The fourth-order valence-electron chi connectivity index (χ4n) is 3.64. The molecule has 6 heteroatoms. The van der Waals surface area contributed by atoms with Crippen LogP contribution in [0.3, 0.4) is 0 Å². The highest BCUT2D eigenvalue weighted by Gasteiger charge is 2.29. The van der Waals surface area contributed by atoms with E-state index in [0.717, 1.165) is 42.1 Å². The van der Waals surface area contributed by atoms with Crippen molar-refractivity contribution in [1.82, 2.24) is 4.57 Å². The number of aryl methyl sites for hydroxylation is 1. The Kier molecular flexibility index (Phi) is 5.29. The number of hydrogen-bond acceptors (Lipinski definition) is 4. The van der Waals surface area contributed by atoms with Gasteiger partial charge in [0.25, 0.3) is 10.1 Å². The minimum Gasteiger partial charge on any atom is -0.310 e. The van der Waals surface area contributed by atoms with Crippen molar-refractivity contribution in [3.63, 3.8) is 0 Å². The van der Waals surface area contributed by atoms with Gasteiger partial charge < -0.3 is 4.57 Å². The molecule has 5 nitrogen and oxygen atoms in total. The van der Waals surface area contributed by atoms with E-state index in [1.165, 1.54) is 0 Å². The van der Waals surface area contributed by atoms with Crippen LogP contribution in [0.5, 0.6) is 0 Å². The summed E-state index contributed by atoms with van der Waals surface area (Å²) in [5, 5.41) is 1.02. The van der Waals surface area contributed by atoms with E-state index in [9.17, 15) is 13.2 Å². The summed E-state index contributed by atoms with van der Waals surface area (Å²) in [5.74, 6) is 0.0804. The third-order valence-electron chi connectivity index (χ3n) is 4.76. The lowest BCUT2D eigenvalue weighted by molar-refractivity contribution is 0.0939. The van der Waals surface area contributed by atoms with Crippen LogP contribution >= 0.6 is 0 Å². The highest BCUT2D eigenvalue weighted by molar-refractivity contribution is 7.86. The lowest BCUT2D eigenvalue weighted by Gasteiger charge is -2.20. The highest BCUT2D eigenvalue weighted by Crippen LogP contribution is 2.35. The third-order valence-corrected chi connectivity index (χ3v) is 6.12. The van der Waals surface area contributed by atoms with Gasteiger partial charge in [-0.05, 0) is 37.8 Å². The molecule has 0 N–H and O–H groups in total. The van der Waals surface area contributed by atoms with E-state index in [-0.39, 0.29) is 11.5 Å². The van der Waals surface area contributed by atoms with Crippen LogP contribution in [0.4, 0.5) is 0 Å². The number of ketones is 1. The van der Waals surface area contributed by atoms with Gasteiger partial charge in [-0.15, -0.1) is 0 Å². The van der Waals surface area contributed by atoms with Gasteiger partial charge in [-0.25, -0.2) is 4.18 Å². The van der Waals surface area contributed by atoms with Gasteiger partial charge in [0.15, 0.2) is 5.78 Å². The first kappa shape index (κ1) is 18.1. The number of fused-ring (bicyclic) bond motifs is 3. The topological polar surface area (TPSA) is 65.4 Å². The molecular formula is C19H25NO4S. The molecule has 0 fully saturated rings. The molecule has 1 unspecified atom stereocenters. The molecule has 1 aliphatic rings. The molecule has 136 valence electrons. The Bertz CT molecular complexity index is 882. The number of carbonyl (C=O) groups excluding carboxylic acids is 1. The summed E-state index contributed by atoms with van der Waals surface area (Å²) in [6.07, 6.45) is 3.85. The van der Waals surface area contributed by atoms with Gasteiger partial charge in [0.2, 0.25) is 0 Å². The molecule has 0 amide bonds. The minimum absolute atomic E-state index is 0.0144. The normalized spacial score (nSPS) is 16.2. The number of unbranched alkanes of at least 4 members (excludes halogenated alkanes) is 2. The van der Waals surface area contributed by atoms with Crippen molar-refractivity contribution >= 4 is 26.8 Å². The number of rotatable bonds is 7. The fraction of sp³-hybridized carbons (Fsp3) is 0.526. The zero-order chi connectivity index (χ0) is 18.0. The van der Waals surface area contributed by atoms with Gasteiger partial charge in [-0.2, -0.15) is 8.42 Å². The second-order valence-electron chi connectivity index (χ2n) is 6.66. The maximum atomic E-state index is 12.5. The molecule has 1 atom stereocenters. The summed E-state index contributed by atoms with van der Waals surface area (Å²) in [6.45, 7) is 3.73. The van der Waals surface area contributed by atoms with Gasteiger partial charge in [0, 0.05) is 11.8 Å². The molecule has 1 aromatic carbocycles. The molecule has 0 spiro atoms. The number of para-hydroxylation sites is 1. The predicted molar refractivity (Wildman–Crippen MR) is 98.3 cm³/mol. The Balaban J connectivity index is 1.98. The third kappa shape index (κ3) is 3.65. The Morgan fingerprint density at radius 1 is 1.20 bits per heavy atom. The van der Waals surface area contributed by atoms with E-state index in [1.54, 1.807) is 11.5 Å². The number of hydrogen-bond donors (Lipinski definition) is 0.